The first-order valence-electron chi connectivity index (χ1n) is 7.47. The molecule has 2 aromatic rings. The number of hydrogen-bond donors (Lipinski definition) is 2. The van der Waals surface area contributed by atoms with Gasteiger partial charge in [-0.3, -0.25) is 5.10 Å². The number of H-pyrrole nitrogens is 1. The summed E-state index contributed by atoms with van der Waals surface area (Å²) in [6.07, 6.45) is 2.87. The molecule has 0 aliphatic heterocycles. The van der Waals surface area contributed by atoms with Gasteiger partial charge >= 0.3 is 0 Å². The highest BCUT2D eigenvalue weighted by molar-refractivity contribution is 9.10. The summed E-state index contributed by atoms with van der Waals surface area (Å²) >= 11 is 8.78. The number of benzene rings is 1. The van der Waals surface area contributed by atoms with Crippen LogP contribution in [0.15, 0.2) is 22.7 Å². The van der Waals surface area contributed by atoms with Crippen LogP contribution in [-0.4, -0.2) is 21.5 Å². The van der Waals surface area contributed by atoms with E-state index in [1.54, 1.807) is 0 Å². The van der Waals surface area contributed by atoms with Gasteiger partial charge in [0, 0.05) is 16.5 Å². The molecule has 0 amide bonds. The van der Waals surface area contributed by atoms with Crippen molar-refractivity contribution in [3.8, 4) is 5.75 Å². The monoisotopic (exact) mass is 384 g/mol. The van der Waals surface area contributed by atoms with Gasteiger partial charge in [-0.15, -0.1) is 0 Å². The third-order valence-electron chi connectivity index (χ3n) is 3.13. The number of hydrogen-bond acceptors (Lipinski definition) is 4. The quantitative estimate of drug-likeness (QED) is 0.669. The normalized spacial score (nSPS) is 10.7. The Labute approximate surface area is 144 Å². The molecule has 0 fully saturated rings. The Hall–Kier alpha value is -1.34. The van der Waals surface area contributed by atoms with Gasteiger partial charge in [0.05, 0.1) is 13.2 Å². The molecule has 1 aromatic heterocycles. The van der Waals surface area contributed by atoms with E-state index >= 15 is 0 Å². The van der Waals surface area contributed by atoms with Gasteiger partial charge in [-0.2, -0.15) is 5.10 Å². The van der Waals surface area contributed by atoms with Crippen LogP contribution in [0.3, 0.4) is 0 Å². The standard InChI is InChI=1S/C15H21BrN4OS/c1-3-5-14-18-19-15(22)20(14)17-10-11-9-12(16)6-7-13(11)21-8-4-2/h6-7,9,17H,3-5,8,10H2,1-2H3,(H,19,22). The van der Waals surface area contributed by atoms with Crippen LogP contribution in [0, 0.1) is 4.77 Å². The van der Waals surface area contributed by atoms with E-state index in [9.17, 15) is 0 Å². The summed E-state index contributed by atoms with van der Waals surface area (Å²) < 4.78 is 9.24. The van der Waals surface area contributed by atoms with Crippen LogP contribution in [0.2, 0.25) is 0 Å². The fourth-order valence-electron chi connectivity index (χ4n) is 2.09. The van der Waals surface area contributed by atoms with E-state index in [0.29, 0.717) is 17.9 Å². The second-order valence-electron chi connectivity index (χ2n) is 4.97. The molecule has 1 aromatic carbocycles. The maximum Gasteiger partial charge on any atom is 0.214 e. The number of aryl methyl sites for hydroxylation is 1. The third kappa shape index (κ3) is 4.33. The van der Waals surface area contributed by atoms with E-state index < -0.39 is 0 Å². The molecule has 22 heavy (non-hydrogen) atoms. The molecule has 0 aliphatic carbocycles. The lowest BCUT2D eigenvalue weighted by Gasteiger charge is -2.14. The molecular weight excluding hydrogens is 364 g/mol. The van der Waals surface area contributed by atoms with Gasteiger partial charge in [0.25, 0.3) is 0 Å². The van der Waals surface area contributed by atoms with Crippen LogP contribution in [0.4, 0.5) is 0 Å². The van der Waals surface area contributed by atoms with Crippen molar-refractivity contribution in [2.24, 2.45) is 0 Å². The summed E-state index contributed by atoms with van der Waals surface area (Å²) in [6, 6.07) is 6.03. The zero-order valence-corrected chi connectivity index (χ0v) is 15.3. The van der Waals surface area contributed by atoms with Gasteiger partial charge in [0.15, 0.2) is 5.82 Å². The van der Waals surface area contributed by atoms with Crippen molar-refractivity contribution in [2.45, 2.75) is 39.7 Å². The van der Waals surface area contributed by atoms with Crippen molar-refractivity contribution in [1.82, 2.24) is 14.9 Å². The topological polar surface area (TPSA) is 54.9 Å². The van der Waals surface area contributed by atoms with Gasteiger partial charge < -0.3 is 10.2 Å². The third-order valence-corrected chi connectivity index (χ3v) is 3.89. The molecule has 2 N–H and O–H groups in total. The minimum absolute atomic E-state index is 0.578. The molecule has 0 bridgehead atoms. The Balaban J connectivity index is 2.15. The van der Waals surface area contributed by atoms with E-state index in [2.05, 4.69) is 51.5 Å². The summed E-state index contributed by atoms with van der Waals surface area (Å²) in [5, 5.41) is 7.08. The fourth-order valence-corrected chi connectivity index (χ4v) is 2.71. The van der Waals surface area contributed by atoms with Gasteiger partial charge in [0.1, 0.15) is 5.75 Å². The second-order valence-corrected chi connectivity index (χ2v) is 6.27. The summed E-state index contributed by atoms with van der Waals surface area (Å²) in [5.74, 6) is 1.81. The van der Waals surface area contributed by atoms with Crippen LogP contribution in [0.25, 0.3) is 0 Å². The van der Waals surface area contributed by atoms with Crippen molar-refractivity contribution < 1.29 is 4.74 Å². The molecule has 2 rings (SSSR count). The molecule has 0 radical (unpaired) electrons. The Morgan fingerprint density at radius 1 is 1.36 bits per heavy atom. The minimum atomic E-state index is 0.578. The molecule has 0 unspecified atom stereocenters. The van der Waals surface area contributed by atoms with E-state index in [-0.39, 0.29) is 0 Å². The largest absolute Gasteiger partial charge is 0.493 e. The summed E-state index contributed by atoms with van der Waals surface area (Å²) in [6.45, 7) is 5.54. The van der Waals surface area contributed by atoms with Crippen molar-refractivity contribution in [3.05, 3.63) is 38.8 Å². The minimum Gasteiger partial charge on any atom is -0.493 e. The van der Waals surface area contributed by atoms with Crippen LogP contribution in [-0.2, 0) is 13.0 Å². The lowest BCUT2D eigenvalue weighted by molar-refractivity contribution is 0.314. The molecular formula is C15H21BrN4OS. The highest BCUT2D eigenvalue weighted by Crippen LogP contribution is 2.23. The van der Waals surface area contributed by atoms with Crippen molar-refractivity contribution in [2.75, 3.05) is 12.0 Å². The van der Waals surface area contributed by atoms with Crippen LogP contribution in [0.1, 0.15) is 38.1 Å². The lowest BCUT2D eigenvalue weighted by atomic mass is 10.2. The lowest BCUT2D eigenvalue weighted by Crippen LogP contribution is -2.18. The number of aromatic nitrogens is 3. The zero-order chi connectivity index (χ0) is 15.9. The predicted octanol–water partition coefficient (Wildman–Crippen LogP) is 4.19. The zero-order valence-electron chi connectivity index (χ0n) is 12.9. The predicted molar refractivity (Wildman–Crippen MR) is 94.4 cm³/mol. The number of rotatable bonds is 8. The second kappa shape index (κ2) is 8.33. The number of nitrogens with one attached hydrogen (secondary N) is 2. The van der Waals surface area contributed by atoms with Crippen molar-refractivity contribution in [3.63, 3.8) is 0 Å². The molecule has 5 nitrogen and oxygen atoms in total. The molecule has 120 valence electrons. The molecule has 0 saturated carbocycles. The molecule has 7 heteroatoms. The van der Waals surface area contributed by atoms with E-state index in [1.807, 2.05) is 16.8 Å². The first-order chi connectivity index (χ1) is 10.7. The van der Waals surface area contributed by atoms with E-state index in [4.69, 9.17) is 17.0 Å². The van der Waals surface area contributed by atoms with Crippen LogP contribution >= 0.6 is 28.1 Å². The first-order valence-corrected chi connectivity index (χ1v) is 8.67. The molecule has 0 aliphatic rings. The van der Waals surface area contributed by atoms with Gasteiger partial charge in [0.2, 0.25) is 4.77 Å². The van der Waals surface area contributed by atoms with E-state index in [0.717, 1.165) is 40.9 Å². The summed E-state index contributed by atoms with van der Waals surface area (Å²) in [4.78, 5) is 0. The maximum absolute atomic E-state index is 5.80. The molecule has 0 spiro atoms. The highest BCUT2D eigenvalue weighted by Gasteiger charge is 2.08. The van der Waals surface area contributed by atoms with Crippen LogP contribution < -0.4 is 10.2 Å². The average molecular weight is 385 g/mol. The van der Waals surface area contributed by atoms with Crippen molar-refractivity contribution >= 4 is 28.1 Å². The van der Waals surface area contributed by atoms with Gasteiger partial charge in [-0.25, -0.2) is 4.68 Å². The van der Waals surface area contributed by atoms with Crippen LogP contribution in [0.5, 0.6) is 5.75 Å². The Kier molecular flexibility index (Phi) is 6.45. The summed E-state index contributed by atoms with van der Waals surface area (Å²) in [7, 11) is 0. The highest BCUT2D eigenvalue weighted by atomic mass is 79.9. The number of halogens is 1. The van der Waals surface area contributed by atoms with E-state index in [1.165, 1.54) is 0 Å². The maximum atomic E-state index is 5.80. The SMILES string of the molecule is CCCOc1ccc(Br)cc1CNn1c(CCC)n[nH]c1=S. The number of aromatic amines is 1. The smallest absolute Gasteiger partial charge is 0.214 e. The summed E-state index contributed by atoms with van der Waals surface area (Å²) in [5.41, 5.74) is 4.40. The number of ether oxygens (including phenoxy) is 1. The molecule has 0 saturated heterocycles. The van der Waals surface area contributed by atoms with Gasteiger partial charge in [-0.05, 0) is 43.3 Å². The Morgan fingerprint density at radius 3 is 2.91 bits per heavy atom. The average Bonchev–Trinajstić information content (AvgIpc) is 2.85. The Morgan fingerprint density at radius 2 is 2.18 bits per heavy atom. The van der Waals surface area contributed by atoms with Gasteiger partial charge in [-0.1, -0.05) is 29.8 Å². The van der Waals surface area contributed by atoms with Crippen molar-refractivity contribution in [1.29, 1.82) is 0 Å². The first kappa shape index (κ1) is 17.0. The number of nitrogens with zero attached hydrogens (tertiary/aromatic N) is 2. The molecule has 0 atom stereocenters. The molecule has 1 heterocycles. The Bertz CT molecular complexity index is 668. The fraction of sp³-hybridized carbons (Fsp3) is 0.467.